The maximum absolute atomic E-state index is 12.8. The maximum atomic E-state index is 12.8. The van der Waals surface area contributed by atoms with E-state index in [1.165, 1.54) is 0 Å². The van der Waals surface area contributed by atoms with E-state index < -0.39 is 0 Å². The van der Waals surface area contributed by atoms with E-state index in [1.807, 2.05) is 6.92 Å². The highest BCUT2D eigenvalue weighted by Crippen LogP contribution is 2.40. The molecule has 0 aromatic carbocycles. The summed E-state index contributed by atoms with van der Waals surface area (Å²) in [5, 5.41) is 0. The highest BCUT2D eigenvalue weighted by atomic mass is 16.6. The van der Waals surface area contributed by atoms with E-state index in [1.54, 1.807) is 0 Å². The molecule has 4 aliphatic rings. The molecule has 0 N–H and O–H groups in total. The molecule has 8 atom stereocenters. The van der Waals surface area contributed by atoms with Gasteiger partial charge in [0.1, 0.15) is 0 Å². The Kier molecular flexibility index (Phi) is 7.35. The molecule has 2 aliphatic heterocycles. The molecule has 2 heterocycles. The molecule has 0 aromatic rings. The Morgan fingerprint density at radius 3 is 2.00 bits per heavy atom. The minimum Gasteiger partial charge on any atom is -0.465 e. The number of epoxide rings is 2. The molecule has 30 heavy (non-hydrogen) atoms. The second-order valence-corrected chi connectivity index (χ2v) is 9.86. The lowest BCUT2D eigenvalue weighted by Gasteiger charge is -2.26. The molecule has 4 fully saturated rings. The summed E-state index contributed by atoms with van der Waals surface area (Å²) in [6, 6.07) is 0. The monoisotopic (exact) mass is 422 g/mol. The summed E-state index contributed by atoms with van der Waals surface area (Å²) in [5.74, 6) is 0.260. The van der Waals surface area contributed by atoms with Crippen molar-refractivity contribution in [3.05, 3.63) is 0 Å². The van der Waals surface area contributed by atoms with Crippen LogP contribution in [0.3, 0.4) is 0 Å². The standard InChI is InChI=1S/C24H38O6/c1-3-5-17(12-23(25)27-13-15-6-8-19-21(10-15)29-19)18(4-2)24(26)28-14-16-7-9-20-22(11-16)30-20/h15-22H,3-14H2,1-2H3. The van der Waals surface area contributed by atoms with Crippen molar-refractivity contribution < 1.29 is 28.5 Å². The molecule has 6 heteroatoms. The smallest absolute Gasteiger partial charge is 0.309 e. The molecule has 8 unspecified atom stereocenters. The van der Waals surface area contributed by atoms with Crippen molar-refractivity contribution in [1.82, 2.24) is 0 Å². The van der Waals surface area contributed by atoms with Crippen LogP contribution in [0.25, 0.3) is 0 Å². The number of rotatable bonds is 11. The third-order valence-electron chi connectivity index (χ3n) is 7.57. The number of hydrogen-bond donors (Lipinski definition) is 0. The molecule has 0 bridgehead atoms. The first-order valence-electron chi connectivity index (χ1n) is 12.2. The van der Waals surface area contributed by atoms with Gasteiger partial charge >= 0.3 is 11.9 Å². The average molecular weight is 423 g/mol. The fourth-order valence-corrected chi connectivity index (χ4v) is 5.58. The summed E-state index contributed by atoms with van der Waals surface area (Å²) in [7, 11) is 0. The van der Waals surface area contributed by atoms with Crippen molar-refractivity contribution in [3.63, 3.8) is 0 Å². The van der Waals surface area contributed by atoms with E-state index in [0.717, 1.165) is 51.4 Å². The molecule has 0 aromatic heterocycles. The van der Waals surface area contributed by atoms with Gasteiger partial charge in [0.2, 0.25) is 0 Å². The minimum absolute atomic E-state index is 0.00926. The molecule has 0 radical (unpaired) electrons. The van der Waals surface area contributed by atoms with Gasteiger partial charge in [0.05, 0.1) is 43.5 Å². The second-order valence-electron chi connectivity index (χ2n) is 9.86. The Morgan fingerprint density at radius 2 is 1.47 bits per heavy atom. The Bertz CT molecular complexity index is 607. The largest absolute Gasteiger partial charge is 0.465 e. The van der Waals surface area contributed by atoms with Gasteiger partial charge in [-0.25, -0.2) is 0 Å². The van der Waals surface area contributed by atoms with E-state index in [9.17, 15) is 9.59 Å². The zero-order valence-electron chi connectivity index (χ0n) is 18.6. The predicted octanol–water partition coefficient (Wildman–Crippen LogP) is 4.04. The Labute approximate surface area is 180 Å². The van der Waals surface area contributed by atoms with Crippen LogP contribution in [-0.4, -0.2) is 49.6 Å². The maximum Gasteiger partial charge on any atom is 0.309 e. The van der Waals surface area contributed by atoms with Crippen molar-refractivity contribution in [3.8, 4) is 0 Å². The molecule has 4 rings (SSSR count). The van der Waals surface area contributed by atoms with Crippen molar-refractivity contribution in [2.24, 2.45) is 23.7 Å². The van der Waals surface area contributed by atoms with Crippen molar-refractivity contribution in [2.45, 2.75) is 102 Å². The Morgan fingerprint density at radius 1 is 0.867 bits per heavy atom. The van der Waals surface area contributed by atoms with E-state index in [-0.39, 0.29) is 23.8 Å². The molecule has 6 nitrogen and oxygen atoms in total. The number of ether oxygens (including phenoxy) is 4. The summed E-state index contributed by atoms with van der Waals surface area (Å²) in [6.07, 6.45) is 10.8. The normalized spacial score (nSPS) is 36.1. The molecular weight excluding hydrogens is 384 g/mol. The Hall–Kier alpha value is -1.14. The van der Waals surface area contributed by atoms with Crippen LogP contribution >= 0.6 is 0 Å². The first-order valence-corrected chi connectivity index (χ1v) is 12.2. The lowest BCUT2D eigenvalue weighted by atomic mass is 9.84. The molecule has 0 amide bonds. The van der Waals surface area contributed by atoms with Crippen LogP contribution in [0.15, 0.2) is 0 Å². The number of carbonyl (C=O) groups excluding carboxylic acids is 2. The highest BCUT2D eigenvalue weighted by molar-refractivity contribution is 5.75. The van der Waals surface area contributed by atoms with Gasteiger partial charge in [0.15, 0.2) is 0 Å². The van der Waals surface area contributed by atoms with Gasteiger partial charge in [-0.2, -0.15) is 0 Å². The van der Waals surface area contributed by atoms with Gasteiger partial charge < -0.3 is 18.9 Å². The molecule has 170 valence electrons. The van der Waals surface area contributed by atoms with Crippen LogP contribution < -0.4 is 0 Å². The van der Waals surface area contributed by atoms with Gasteiger partial charge in [0, 0.05) is 6.42 Å². The second kappa shape index (κ2) is 9.99. The minimum atomic E-state index is -0.235. The quantitative estimate of drug-likeness (QED) is 0.369. The van der Waals surface area contributed by atoms with E-state index in [2.05, 4.69) is 6.92 Å². The summed E-state index contributed by atoms with van der Waals surface area (Å²) in [5.41, 5.74) is 0. The van der Waals surface area contributed by atoms with Crippen LogP contribution in [0.2, 0.25) is 0 Å². The highest BCUT2D eigenvalue weighted by Gasteiger charge is 2.45. The van der Waals surface area contributed by atoms with Crippen LogP contribution in [0.5, 0.6) is 0 Å². The van der Waals surface area contributed by atoms with Gasteiger partial charge in [-0.1, -0.05) is 20.3 Å². The van der Waals surface area contributed by atoms with Gasteiger partial charge in [0.25, 0.3) is 0 Å². The number of carbonyl (C=O) groups is 2. The number of fused-ring (bicyclic) bond motifs is 2. The summed E-state index contributed by atoms with van der Waals surface area (Å²) in [6.45, 7) is 5.07. The molecule has 2 saturated carbocycles. The summed E-state index contributed by atoms with van der Waals surface area (Å²) < 4.78 is 22.5. The Balaban J connectivity index is 1.21. The molecule has 0 spiro atoms. The molecular formula is C24H38O6. The van der Waals surface area contributed by atoms with E-state index in [4.69, 9.17) is 18.9 Å². The zero-order chi connectivity index (χ0) is 21.1. The van der Waals surface area contributed by atoms with Gasteiger partial charge in [-0.05, 0) is 69.1 Å². The predicted molar refractivity (Wildman–Crippen MR) is 111 cm³/mol. The first kappa shape index (κ1) is 22.1. The number of hydrogen-bond acceptors (Lipinski definition) is 6. The average Bonchev–Trinajstić information content (AvgIpc) is 3.65. The van der Waals surface area contributed by atoms with Gasteiger partial charge in [-0.3, -0.25) is 9.59 Å². The van der Waals surface area contributed by atoms with E-state index in [0.29, 0.717) is 62.3 Å². The van der Waals surface area contributed by atoms with Crippen LogP contribution in [0.4, 0.5) is 0 Å². The fraction of sp³-hybridized carbons (Fsp3) is 0.917. The van der Waals surface area contributed by atoms with Crippen molar-refractivity contribution in [2.75, 3.05) is 13.2 Å². The third-order valence-corrected chi connectivity index (χ3v) is 7.57. The lowest BCUT2D eigenvalue weighted by molar-refractivity contribution is -0.154. The number of esters is 2. The van der Waals surface area contributed by atoms with Crippen molar-refractivity contribution in [1.29, 1.82) is 0 Å². The van der Waals surface area contributed by atoms with Gasteiger partial charge in [-0.15, -0.1) is 0 Å². The first-order chi connectivity index (χ1) is 14.6. The van der Waals surface area contributed by atoms with Crippen molar-refractivity contribution >= 4 is 11.9 Å². The third kappa shape index (κ3) is 5.76. The SMILES string of the molecule is CCCC(CC(=O)OCC1CCC2OC2C1)C(CC)C(=O)OCC1CCC2OC2C1. The molecule has 2 saturated heterocycles. The topological polar surface area (TPSA) is 77.7 Å². The van der Waals surface area contributed by atoms with Crippen LogP contribution in [-0.2, 0) is 28.5 Å². The molecule has 2 aliphatic carbocycles. The lowest BCUT2D eigenvalue weighted by Crippen LogP contribution is -2.30. The summed E-state index contributed by atoms with van der Waals surface area (Å²) >= 11 is 0. The van der Waals surface area contributed by atoms with E-state index >= 15 is 0 Å². The fourth-order valence-electron chi connectivity index (χ4n) is 5.58. The zero-order valence-corrected chi connectivity index (χ0v) is 18.6. The summed E-state index contributed by atoms with van der Waals surface area (Å²) in [4.78, 5) is 25.4. The van der Waals surface area contributed by atoms with Crippen LogP contribution in [0.1, 0.15) is 78.1 Å². The van der Waals surface area contributed by atoms with Crippen LogP contribution in [0, 0.1) is 23.7 Å².